The average Bonchev–Trinajstić information content (AvgIpc) is 3.07. The topological polar surface area (TPSA) is 72.3 Å². The van der Waals surface area contributed by atoms with E-state index in [1.54, 1.807) is 12.1 Å². The molecule has 2 aromatic heterocycles. The van der Waals surface area contributed by atoms with Crippen molar-refractivity contribution < 1.29 is 0 Å². The van der Waals surface area contributed by atoms with Gasteiger partial charge in [0.05, 0.1) is 0 Å². The van der Waals surface area contributed by atoms with E-state index >= 15 is 0 Å². The molecule has 100 valence electrons. The minimum Gasteiger partial charge on any atom is -0.197 e. The van der Waals surface area contributed by atoms with Crippen molar-refractivity contribution >= 4 is 45.4 Å². The van der Waals surface area contributed by atoms with Crippen LogP contribution in [-0.2, 0) is 0 Å². The molecule has 0 amide bonds. The number of hydrogen-bond acceptors (Lipinski definition) is 4. The van der Waals surface area contributed by atoms with Crippen molar-refractivity contribution in [2.24, 2.45) is 0 Å². The number of halogens is 2. The van der Waals surface area contributed by atoms with Crippen LogP contribution in [0.2, 0.25) is 5.02 Å². The predicted octanol–water partition coefficient (Wildman–Crippen LogP) is 3.04. The van der Waals surface area contributed by atoms with Crippen molar-refractivity contribution in [3.8, 4) is 0 Å². The second-order valence-electron chi connectivity index (χ2n) is 3.89. The number of benzene rings is 2. The first-order valence-corrected chi connectivity index (χ1v) is 6.38. The molecule has 2 heterocycles. The molecular weight excluding hydrogens is 299 g/mol. The maximum absolute atomic E-state index is 5.69. The Hall–Kier alpha value is -2.18. The molecular formula is C12H8Cl2N6. The quantitative estimate of drug-likeness (QED) is 0.542. The van der Waals surface area contributed by atoms with Crippen LogP contribution in [0.5, 0.6) is 0 Å². The third-order valence-corrected chi connectivity index (χ3v) is 3.07. The smallest absolute Gasteiger partial charge is 0.114 e. The largest absolute Gasteiger partial charge is 0.197 e. The Balaban J connectivity index is 0.000000121. The van der Waals surface area contributed by atoms with E-state index in [0.717, 1.165) is 22.1 Å². The van der Waals surface area contributed by atoms with Crippen LogP contribution in [0, 0.1) is 0 Å². The fraction of sp³-hybridized carbons (Fsp3) is 0. The first-order valence-electron chi connectivity index (χ1n) is 5.67. The van der Waals surface area contributed by atoms with E-state index < -0.39 is 0 Å². The minimum absolute atomic E-state index is 0.682. The number of nitrogens with one attached hydrogen (secondary N) is 1. The third-order valence-electron chi connectivity index (χ3n) is 2.59. The highest BCUT2D eigenvalue weighted by molar-refractivity contribution is 6.31. The summed E-state index contributed by atoms with van der Waals surface area (Å²) in [6.07, 6.45) is 0. The van der Waals surface area contributed by atoms with Crippen LogP contribution in [0.15, 0.2) is 42.5 Å². The molecule has 6 nitrogen and oxygen atoms in total. The number of para-hydroxylation sites is 1. The van der Waals surface area contributed by atoms with Gasteiger partial charge in [-0.25, -0.2) is 0 Å². The van der Waals surface area contributed by atoms with Crippen LogP contribution in [0.4, 0.5) is 0 Å². The van der Waals surface area contributed by atoms with Crippen LogP contribution in [-0.4, -0.2) is 29.9 Å². The number of H-pyrrole nitrogens is 1. The van der Waals surface area contributed by atoms with E-state index in [1.807, 2.05) is 30.3 Å². The van der Waals surface area contributed by atoms with Gasteiger partial charge >= 0.3 is 0 Å². The zero-order valence-electron chi connectivity index (χ0n) is 10.0. The normalized spacial score (nSPS) is 10.5. The fourth-order valence-electron chi connectivity index (χ4n) is 1.65. The lowest BCUT2D eigenvalue weighted by molar-refractivity contribution is 0.899. The summed E-state index contributed by atoms with van der Waals surface area (Å²) < 4.78 is 1.23. The molecule has 0 fully saturated rings. The number of nitrogens with zero attached hydrogens (tertiary/aromatic N) is 5. The van der Waals surface area contributed by atoms with Crippen LogP contribution >= 0.6 is 23.4 Å². The Bertz CT molecular complexity index is 853. The summed E-state index contributed by atoms with van der Waals surface area (Å²) in [7, 11) is 0. The molecule has 0 saturated heterocycles. The van der Waals surface area contributed by atoms with Gasteiger partial charge in [0.2, 0.25) is 0 Å². The molecule has 0 aliphatic carbocycles. The second kappa shape index (κ2) is 5.44. The third kappa shape index (κ3) is 2.56. The maximum atomic E-state index is 5.69. The lowest BCUT2D eigenvalue weighted by Gasteiger charge is -1.84. The maximum Gasteiger partial charge on any atom is 0.114 e. The molecule has 0 bridgehead atoms. The number of aromatic nitrogens is 6. The molecule has 0 aliphatic heterocycles. The first-order chi connectivity index (χ1) is 9.74. The number of fused-ring (bicyclic) bond motifs is 2. The zero-order valence-corrected chi connectivity index (χ0v) is 11.5. The monoisotopic (exact) mass is 306 g/mol. The summed E-state index contributed by atoms with van der Waals surface area (Å²) in [5.41, 5.74) is 3.29. The zero-order chi connectivity index (χ0) is 13.9. The molecule has 0 radical (unpaired) electrons. The van der Waals surface area contributed by atoms with Gasteiger partial charge in [-0.05, 0) is 35.5 Å². The lowest BCUT2D eigenvalue weighted by atomic mass is 10.3. The van der Waals surface area contributed by atoms with Gasteiger partial charge in [-0.2, -0.15) is 19.6 Å². The summed E-state index contributed by atoms with van der Waals surface area (Å²) in [6.45, 7) is 0. The van der Waals surface area contributed by atoms with Crippen molar-refractivity contribution in [3.05, 3.63) is 47.5 Å². The van der Waals surface area contributed by atoms with E-state index in [9.17, 15) is 0 Å². The first kappa shape index (κ1) is 12.8. The molecule has 4 aromatic rings. The Kier molecular flexibility index (Phi) is 3.49. The summed E-state index contributed by atoms with van der Waals surface area (Å²) in [4.78, 5) is 0. The molecule has 0 spiro atoms. The van der Waals surface area contributed by atoms with Crippen LogP contribution in [0.3, 0.4) is 0 Å². The Morgan fingerprint density at radius 2 is 1.75 bits per heavy atom. The summed E-state index contributed by atoms with van der Waals surface area (Å²) in [6, 6.07) is 12.9. The molecule has 0 aliphatic rings. The van der Waals surface area contributed by atoms with E-state index in [1.165, 1.54) is 4.20 Å². The van der Waals surface area contributed by atoms with Gasteiger partial charge in [0, 0.05) is 16.8 Å². The molecule has 20 heavy (non-hydrogen) atoms. The number of hydrogen-bond donors (Lipinski definition) is 1. The summed E-state index contributed by atoms with van der Waals surface area (Å²) in [5, 5.41) is 18.3. The van der Waals surface area contributed by atoms with E-state index in [2.05, 4.69) is 25.7 Å². The van der Waals surface area contributed by atoms with Crippen molar-refractivity contribution in [1.82, 2.24) is 29.9 Å². The summed E-state index contributed by atoms with van der Waals surface area (Å²) in [5.74, 6) is 0. The van der Waals surface area contributed by atoms with E-state index in [4.69, 9.17) is 23.4 Å². The molecule has 8 heteroatoms. The van der Waals surface area contributed by atoms with E-state index in [0.29, 0.717) is 5.02 Å². The van der Waals surface area contributed by atoms with Crippen molar-refractivity contribution in [1.29, 1.82) is 0 Å². The van der Waals surface area contributed by atoms with Gasteiger partial charge in [-0.15, -0.1) is 5.10 Å². The van der Waals surface area contributed by atoms with Crippen molar-refractivity contribution in [2.75, 3.05) is 0 Å². The second-order valence-corrected chi connectivity index (χ2v) is 4.65. The highest BCUT2D eigenvalue weighted by Gasteiger charge is 1.98. The predicted molar refractivity (Wildman–Crippen MR) is 77.7 cm³/mol. The number of aromatic amines is 1. The molecule has 0 unspecified atom stereocenters. The van der Waals surface area contributed by atoms with Crippen LogP contribution < -0.4 is 0 Å². The van der Waals surface area contributed by atoms with Crippen molar-refractivity contribution in [2.45, 2.75) is 0 Å². The highest BCUT2D eigenvalue weighted by atomic mass is 35.5. The standard InChI is InChI=1S/2C6H4ClN3/c7-4-1-2-5-6(3-4)9-10-8-5;7-10-6-4-2-1-3-5(6)8-9-10/h1-3H,(H,8,9,10);1-4H. The highest BCUT2D eigenvalue weighted by Crippen LogP contribution is 2.14. The van der Waals surface area contributed by atoms with Gasteiger partial charge in [0.15, 0.2) is 0 Å². The molecule has 0 atom stereocenters. The van der Waals surface area contributed by atoms with Gasteiger partial charge in [0.1, 0.15) is 22.1 Å². The number of rotatable bonds is 0. The fourth-order valence-corrected chi connectivity index (χ4v) is 2.00. The minimum atomic E-state index is 0.682. The Labute approximate surface area is 123 Å². The van der Waals surface area contributed by atoms with Crippen molar-refractivity contribution in [3.63, 3.8) is 0 Å². The molecule has 1 N–H and O–H groups in total. The van der Waals surface area contributed by atoms with Gasteiger partial charge in [-0.1, -0.05) is 23.7 Å². The molecule has 4 rings (SSSR count). The van der Waals surface area contributed by atoms with Crippen LogP contribution in [0.1, 0.15) is 0 Å². The Morgan fingerprint density at radius 3 is 2.60 bits per heavy atom. The van der Waals surface area contributed by atoms with Gasteiger partial charge in [-0.3, -0.25) is 0 Å². The molecule has 0 saturated carbocycles. The van der Waals surface area contributed by atoms with Gasteiger partial charge in [0.25, 0.3) is 0 Å². The van der Waals surface area contributed by atoms with Crippen LogP contribution in [0.25, 0.3) is 22.1 Å². The lowest BCUT2D eigenvalue weighted by Crippen LogP contribution is -1.79. The SMILES string of the molecule is Clc1ccc2n[nH]nc2c1.Cln1nnc2ccccc21. The Morgan fingerprint density at radius 1 is 0.950 bits per heavy atom. The van der Waals surface area contributed by atoms with Gasteiger partial charge < -0.3 is 0 Å². The van der Waals surface area contributed by atoms with E-state index in [-0.39, 0.29) is 0 Å². The average molecular weight is 307 g/mol. The summed E-state index contributed by atoms with van der Waals surface area (Å²) >= 11 is 11.3. The molecule has 2 aromatic carbocycles.